The van der Waals surface area contributed by atoms with Crippen LogP contribution in [0.2, 0.25) is 0 Å². The normalized spacial score (nSPS) is 15.3. The Morgan fingerprint density at radius 3 is 2.31 bits per heavy atom. The quantitative estimate of drug-likeness (QED) is 0.785. The van der Waals surface area contributed by atoms with Crippen molar-refractivity contribution >= 4 is 0 Å². The van der Waals surface area contributed by atoms with Crippen LogP contribution in [0.15, 0.2) is 0 Å². The number of methoxy groups -OCH3 is 1. The molecule has 4 heteroatoms. The molecule has 0 radical (unpaired) electrons. The molecule has 88 valence electrons. The van der Waals surface area contributed by atoms with E-state index in [2.05, 4.69) is 9.97 Å². The fourth-order valence-electron chi connectivity index (χ4n) is 1.55. The minimum Gasteiger partial charge on any atom is -0.481 e. The minimum atomic E-state index is 0.116. The SMILES string of the molecule is COc1nc(C2CC2)nc(OC(C)C)c1C. The van der Waals surface area contributed by atoms with Gasteiger partial charge in [-0.1, -0.05) is 0 Å². The first kappa shape index (κ1) is 11.2. The van der Waals surface area contributed by atoms with Crippen LogP contribution in [0.3, 0.4) is 0 Å². The predicted molar refractivity (Wildman–Crippen MR) is 61.1 cm³/mol. The summed E-state index contributed by atoms with van der Waals surface area (Å²) < 4.78 is 10.9. The van der Waals surface area contributed by atoms with Gasteiger partial charge in [0, 0.05) is 5.92 Å². The van der Waals surface area contributed by atoms with E-state index in [4.69, 9.17) is 9.47 Å². The Balaban J connectivity index is 2.36. The molecule has 0 amide bonds. The topological polar surface area (TPSA) is 44.2 Å². The molecule has 4 nitrogen and oxygen atoms in total. The Hall–Kier alpha value is -1.32. The van der Waals surface area contributed by atoms with E-state index in [-0.39, 0.29) is 6.10 Å². The summed E-state index contributed by atoms with van der Waals surface area (Å²) in [5.74, 6) is 2.65. The molecule has 1 heterocycles. The largest absolute Gasteiger partial charge is 0.481 e. The van der Waals surface area contributed by atoms with E-state index in [0.717, 1.165) is 11.4 Å². The minimum absolute atomic E-state index is 0.116. The third-order valence-electron chi connectivity index (χ3n) is 2.56. The number of rotatable bonds is 4. The van der Waals surface area contributed by atoms with E-state index in [1.165, 1.54) is 12.8 Å². The molecule has 1 aromatic rings. The van der Waals surface area contributed by atoms with Crippen molar-refractivity contribution < 1.29 is 9.47 Å². The van der Waals surface area contributed by atoms with Crippen molar-refractivity contribution in [1.29, 1.82) is 0 Å². The van der Waals surface area contributed by atoms with Crippen LogP contribution < -0.4 is 9.47 Å². The van der Waals surface area contributed by atoms with Gasteiger partial charge in [-0.15, -0.1) is 0 Å². The molecule has 0 N–H and O–H groups in total. The Labute approximate surface area is 96.0 Å². The first-order valence-electron chi connectivity index (χ1n) is 5.71. The lowest BCUT2D eigenvalue weighted by Gasteiger charge is -2.14. The number of aromatic nitrogens is 2. The molecule has 1 aliphatic rings. The van der Waals surface area contributed by atoms with Gasteiger partial charge in [-0.25, -0.2) is 0 Å². The van der Waals surface area contributed by atoms with Gasteiger partial charge in [0.05, 0.1) is 18.8 Å². The van der Waals surface area contributed by atoms with Crippen LogP contribution in [-0.2, 0) is 0 Å². The highest BCUT2D eigenvalue weighted by molar-refractivity contribution is 5.35. The summed E-state index contributed by atoms with van der Waals surface area (Å²) in [7, 11) is 1.63. The average Bonchev–Trinajstić information content (AvgIpc) is 3.04. The first-order chi connectivity index (χ1) is 7.61. The lowest BCUT2D eigenvalue weighted by molar-refractivity contribution is 0.227. The van der Waals surface area contributed by atoms with Crippen LogP contribution >= 0.6 is 0 Å². The molecule has 1 aliphatic carbocycles. The maximum Gasteiger partial charge on any atom is 0.223 e. The van der Waals surface area contributed by atoms with Gasteiger partial charge in [0.1, 0.15) is 5.82 Å². The third kappa shape index (κ3) is 2.26. The fraction of sp³-hybridized carbons (Fsp3) is 0.667. The molecule has 2 rings (SSSR count). The van der Waals surface area contributed by atoms with Crippen LogP contribution in [0.1, 0.15) is 44.0 Å². The maximum atomic E-state index is 5.67. The molecule has 0 spiro atoms. The highest BCUT2D eigenvalue weighted by Crippen LogP contribution is 2.40. The number of nitrogens with zero attached hydrogens (tertiary/aromatic N) is 2. The highest BCUT2D eigenvalue weighted by Gasteiger charge is 2.28. The second kappa shape index (κ2) is 4.28. The molecule has 0 unspecified atom stereocenters. The van der Waals surface area contributed by atoms with Crippen LogP contribution in [0.4, 0.5) is 0 Å². The molecule has 1 saturated carbocycles. The van der Waals surface area contributed by atoms with Crippen LogP contribution in [-0.4, -0.2) is 23.2 Å². The van der Waals surface area contributed by atoms with Gasteiger partial charge in [-0.3, -0.25) is 0 Å². The summed E-state index contributed by atoms with van der Waals surface area (Å²) in [6.45, 7) is 5.91. The lowest BCUT2D eigenvalue weighted by atomic mass is 10.3. The molecule has 1 aromatic heterocycles. The van der Waals surface area contributed by atoms with E-state index < -0.39 is 0 Å². The van der Waals surface area contributed by atoms with E-state index in [9.17, 15) is 0 Å². The number of hydrogen-bond acceptors (Lipinski definition) is 4. The van der Waals surface area contributed by atoms with Crippen molar-refractivity contribution in [1.82, 2.24) is 9.97 Å². The van der Waals surface area contributed by atoms with Crippen molar-refractivity contribution in [2.24, 2.45) is 0 Å². The maximum absolute atomic E-state index is 5.67. The summed E-state index contributed by atoms with van der Waals surface area (Å²) in [4.78, 5) is 8.88. The molecular weight excluding hydrogens is 204 g/mol. The fourth-order valence-corrected chi connectivity index (χ4v) is 1.55. The van der Waals surface area contributed by atoms with Gasteiger partial charge in [-0.05, 0) is 33.6 Å². The van der Waals surface area contributed by atoms with Crippen molar-refractivity contribution in [3.05, 3.63) is 11.4 Å². The zero-order valence-corrected chi connectivity index (χ0v) is 10.3. The molecule has 1 fully saturated rings. The van der Waals surface area contributed by atoms with Crippen molar-refractivity contribution in [3.8, 4) is 11.8 Å². The van der Waals surface area contributed by atoms with E-state index in [1.807, 2.05) is 20.8 Å². The van der Waals surface area contributed by atoms with Gasteiger partial charge < -0.3 is 9.47 Å². The van der Waals surface area contributed by atoms with E-state index in [1.54, 1.807) is 7.11 Å². The standard InChI is InChI=1S/C12H18N2O2/c1-7(2)16-12-8(3)11(15-4)13-10(14-12)9-5-6-9/h7,9H,5-6H2,1-4H3. The Morgan fingerprint density at radius 1 is 1.19 bits per heavy atom. The Morgan fingerprint density at radius 2 is 1.81 bits per heavy atom. The first-order valence-corrected chi connectivity index (χ1v) is 5.71. The van der Waals surface area contributed by atoms with Gasteiger partial charge in [0.25, 0.3) is 0 Å². The molecule has 0 atom stereocenters. The zero-order chi connectivity index (χ0) is 11.7. The summed E-state index contributed by atoms with van der Waals surface area (Å²) in [6, 6.07) is 0. The van der Waals surface area contributed by atoms with Crippen LogP contribution in [0, 0.1) is 6.92 Å². The van der Waals surface area contributed by atoms with Crippen LogP contribution in [0.25, 0.3) is 0 Å². The van der Waals surface area contributed by atoms with Gasteiger partial charge >= 0.3 is 0 Å². The Bertz CT molecular complexity index is 387. The second-order valence-corrected chi connectivity index (χ2v) is 4.46. The van der Waals surface area contributed by atoms with Crippen molar-refractivity contribution in [3.63, 3.8) is 0 Å². The summed E-state index contributed by atoms with van der Waals surface area (Å²) >= 11 is 0. The zero-order valence-electron chi connectivity index (χ0n) is 10.3. The molecular formula is C12H18N2O2. The van der Waals surface area contributed by atoms with Crippen LogP contribution in [0.5, 0.6) is 11.8 Å². The number of ether oxygens (including phenoxy) is 2. The summed E-state index contributed by atoms with van der Waals surface area (Å²) in [6.07, 6.45) is 2.46. The molecule has 0 saturated heterocycles. The summed E-state index contributed by atoms with van der Waals surface area (Å²) in [5.41, 5.74) is 0.876. The lowest BCUT2D eigenvalue weighted by Crippen LogP contribution is -2.11. The van der Waals surface area contributed by atoms with Gasteiger partial charge in [0.2, 0.25) is 11.8 Å². The second-order valence-electron chi connectivity index (χ2n) is 4.46. The predicted octanol–water partition coefficient (Wildman–Crippen LogP) is 2.46. The smallest absolute Gasteiger partial charge is 0.223 e. The Kier molecular flexibility index (Phi) is 2.99. The highest BCUT2D eigenvalue weighted by atomic mass is 16.5. The average molecular weight is 222 g/mol. The van der Waals surface area contributed by atoms with Crippen molar-refractivity contribution in [2.75, 3.05) is 7.11 Å². The molecule has 0 bridgehead atoms. The van der Waals surface area contributed by atoms with Gasteiger partial charge in [0.15, 0.2) is 0 Å². The van der Waals surface area contributed by atoms with E-state index in [0.29, 0.717) is 17.7 Å². The molecule has 0 aromatic carbocycles. The number of hydrogen-bond donors (Lipinski definition) is 0. The van der Waals surface area contributed by atoms with Gasteiger partial charge in [-0.2, -0.15) is 9.97 Å². The van der Waals surface area contributed by atoms with E-state index >= 15 is 0 Å². The molecule has 16 heavy (non-hydrogen) atoms. The molecule has 0 aliphatic heterocycles. The third-order valence-corrected chi connectivity index (χ3v) is 2.56. The monoisotopic (exact) mass is 222 g/mol. The van der Waals surface area contributed by atoms with Crippen molar-refractivity contribution in [2.45, 2.75) is 45.6 Å². The summed E-state index contributed by atoms with van der Waals surface area (Å²) in [5, 5.41) is 0.